The lowest BCUT2D eigenvalue weighted by molar-refractivity contribution is 0.187. The van der Waals surface area contributed by atoms with Crippen molar-refractivity contribution >= 4 is 0 Å². The molecule has 0 bridgehead atoms. The Morgan fingerprint density at radius 2 is 2.12 bits per heavy atom. The van der Waals surface area contributed by atoms with Gasteiger partial charge in [-0.05, 0) is 25.8 Å². The fraction of sp³-hybridized carbons (Fsp3) is 0.500. The summed E-state index contributed by atoms with van der Waals surface area (Å²) in [5.74, 6) is 0.361. The van der Waals surface area contributed by atoms with Crippen molar-refractivity contribution in [2.24, 2.45) is 0 Å². The van der Waals surface area contributed by atoms with Crippen LogP contribution < -0.4 is 9.47 Å². The van der Waals surface area contributed by atoms with Crippen molar-refractivity contribution in [3.05, 3.63) is 23.5 Å². The third-order valence-corrected chi connectivity index (χ3v) is 2.53. The molecule has 1 aromatic carbocycles. The summed E-state index contributed by atoms with van der Waals surface area (Å²) in [6.45, 7) is 1.58. The summed E-state index contributed by atoms with van der Waals surface area (Å²) in [5.41, 5.74) is 0.434. The minimum Gasteiger partial charge on any atom is -0.493 e. The van der Waals surface area contributed by atoms with Crippen molar-refractivity contribution < 1.29 is 19.0 Å². The Morgan fingerprint density at radius 3 is 2.62 bits per heavy atom. The standard InChI is InChI=1S/C12H15FO3/c1-7(14)10-5-8(13)6-11(15-2)12(10)16-9-3-4-9/h5-7,9,14H,3-4H2,1-2H3. The second-order valence-corrected chi connectivity index (χ2v) is 4.02. The van der Waals surface area contributed by atoms with Crippen LogP contribution in [-0.4, -0.2) is 18.3 Å². The van der Waals surface area contributed by atoms with E-state index in [0.29, 0.717) is 17.1 Å². The van der Waals surface area contributed by atoms with Crippen LogP contribution in [0.1, 0.15) is 31.4 Å². The van der Waals surface area contributed by atoms with Gasteiger partial charge in [0.25, 0.3) is 0 Å². The number of ether oxygens (including phenoxy) is 2. The lowest BCUT2D eigenvalue weighted by Crippen LogP contribution is -2.05. The molecule has 1 saturated carbocycles. The minimum atomic E-state index is -0.779. The number of rotatable bonds is 4. The first-order chi connectivity index (χ1) is 7.61. The van der Waals surface area contributed by atoms with Crippen molar-refractivity contribution in [2.75, 3.05) is 7.11 Å². The van der Waals surface area contributed by atoms with Gasteiger partial charge in [-0.3, -0.25) is 0 Å². The van der Waals surface area contributed by atoms with Gasteiger partial charge in [0.05, 0.1) is 19.3 Å². The van der Waals surface area contributed by atoms with Crippen LogP contribution in [0.25, 0.3) is 0 Å². The molecule has 1 atom stereocenters. The highest BCUT2D eigenvalue weighted by atomic mass is 19.1. The molecule has 0 spiro atoms. The summed E-state index contributed by atoms with van der Waals surface area (Å²) >= 11 is 0. The Morgan fingerprint density at radius 1 is 1.44 bits per heavy atom. The van der Waals surface area contributed by atoms with E-state index in [-0.39, 0.29) is 6.10 Å². The summed E-state index contributed by atoms with van der Waals surface area (Å²) in [4.78, 5) is 0. The highest BCUT2D eigenvalue weighted by Gasteiger charge is 2.27. The molecule has 1 aliphatic rings. The summed E-state index contributed by atoms with van der Waals surface area (Å²) in [7, 11) is 1.46. The summed E-state index contributed by atoms with van der Waals surface area (Å²) in [6, 6.07) is 2.55. The molecule has 1 aromatic rings. The molecular weight excluding hydrogens is 211 g/mol. The van der Waals surface area contributed by atoms with Gasteiger partial charge in [-0.25, -0.2) is 4.39 Å². The monoisotopic (exact) mass is 226 g/mol. The molecule has 2 rings (SSSR count). The van der Waals surface area contributed by atoms with Gasteiger partial charge in [-0.15, -0.1) is 0 Å². The van der Waals surface area contributed by atoms with Crippen LogP contribution in [-0.2, 0) is 0 Å². The van der Waals surface area contributed by atoms with Gasteiger partial charge in [-0.2, -0.15) is 0 Å². The number of hydrogen-bond acceptors (Lipinski definition) is 3. The number of benzene rings is 1. The Kier molecular flexibility index (Phi) is 3.01. The van der Waals surface area contributed by atoms with Crippen molar-refractivity contribution in [3.8, 4) is 11.5 Å². The van der Waals surface area contributed by atoms with E-state index >= 15 is 0 Å². The van der Waals surface area contributed by atoms with Crippen molar-refractivity contribution in [3.63, 3.8) is 0 Å². The molecular formula is C12H15FO3. The van der Waals surface area contributed by atoms with Crippen LogP contribution in [0.4, 0.5) is 4.39 Å². The highest BCUT2D eigenvalue weighted by molar-refractivity contribution is 5.48. The quantitative estimate of drug-likeness (QED) is 0.856. The van der Waals surface area contributed by atoms with E-state index in [1.54, 1.807) is 6.92 Å². The van der Waals surface area contributed by atoms with E-state index in [2.05, 4.69) is 0 Å². The number of hydrogen-bond donors (Lipinski definition) is 1. The Labute approximate surface area is 93.8 Å². The Balaban J connectivity index is 2.41. The summed E-state index contributed by atoms with van der Waals surface area (Å²) < 4.78 is 24.0. The lowest BCUT2D eigenvalue weighted by atomic mass is 10.1. The maximum atomic E-state index is 13.3. The third-order valence-electron chi connectivity index (χ3n) is 2.53. The predicted molar refractivity (Wildman–Crippen MR) is 57.2 cm³/mol. The molecule has 0 amide bonds. The molecule has 1 fully saturated rings. The molecule has 1 N–H and O–H groups in total. The maximum Gasteiger partial charge on any atom is 0.167 e. The molecule has 3 nitrogen and oxygen atoms in total. The van der Waals surface area contributed by atoms with Crippen LogP contribution in [0.3, 0.4) is 0 Å². The molecule has 0 aliphatic heterocycles. The molecule has 1 unspecified atom stereocenters. The van der Waals surface area contributed by atoms with E-state index in [0.717, 1.165) is 12.8 Å². The number of aliphatic hydroxyl groups is 1. The molecule has 0 saturated heterocycles. The molecule has 0 heterocycles. The van der Waals surface area contributed by atoms with Crippen LogP contribution in [0.5, 0.6) is 11.5 Å². The first-order valence-corrected chi connectivity index (χ1v) is 5.34. The third kappa shape index (κ3) is 2.27. The smallest absolute Gasteiger partial charge is 0.167 e. The van der Waals surface area contributed by atoms with E-state index in [4.69, 9.17) is 9.47 Å². The average Bonchev–Trinajstić information content (AvgIpc) is 3.03. The van der Waals surface area contributed by atoms with Crippen LogP contribution in [0, 0.1) is 5.82 Å². The topological polar surface area (TPSA) is 38.7 Å². The molecule has 0 radical (unpaired) electrons. The zero-order chi connectivity index (χ0) is 11.7. The van der Waals surface area contributed by atoms with Gasteiger partial charge in [0, 0.05) is 11.6 Å². The number of aliphatic hydroxyl groups excluding tert-OH is 1. The fourth-order valence-corrected chi connectivity index (χ4v) is 1.53. The summed E-state index contributed by atoms with van der Waals surface area (Å²) in [6.07, 6.45) is 1.40. The van der Waals surface area contributed by atoms with Crippen LogP contribution >= 0.6 is 0 Å². The largest absolute Gasteiger partial charge is 0.493 e. The SMILES string of the molecule is COc1cc(F)cc(C(C)O)c1OC1CC1. The fourth-order valence-electron chi connectivity index (χ4n) is 1.53. The van der Waals surface area contributed by atoms with Gasteiger partial charge >= 0.3 is 0 Å². The first kappa shape index (κ1) is 11.2. The minimum absolute atomic E-state index is 0.178. The van der Waals surface area contributed by atoms with Crippen LogP contribution in [0.15, 0.2) is 12.1 Å². The van der Waals surface area contributed by atoms with Crippen LogP contribution in [0.2, 0.25) is 0 Å². The first-order valence-electron chi connectivity index (χ1n) is 5.34. The molecule has 1 aliphatic carbocycles. The van der Waals surface area contributed by atoms with Crippen molar-refractivity contribution in [1.29, 1.82) is 0 Å². The Hall–Kier alpha value is -1.29. The zero-order valence-electron chi connectivity index (χ0n) is 9.37. The van der Waals surface area contributed by atoms with E-state index in [1.165, 1.54) is 19.2 Å². The molecule has 4 heteroatoms. The van der Waals surface area contributed by atoms with Crippen molar-refractivity contribution in [1.82, 2.24) is 0 Å². The molecule has 0 aromatic heterocycles. The van der Waals surface area contributed by atoms with Gasteiger partial charge in [-0.1, -0.05) is 0 Å². The van der Waals surface area contributed by atoms with Gasteiger partial charge < -0.3 is 14.6 Å². The van der Waals surface area contributed by atoms with E-state index < -0.39 is 11.9 Å². The van der Waals surface area contributed by atoms with Crippen molar-refractivity contribution in [2.45, 2.75) is 32.0 Å². The maximum absolute atomic E-state index is 13.3. The average molecular weight is 226 g/mol. The predicted octanol–water partition coefficient (Wildman–Crippen LogP) is 2.43. The molecule has 88 valence electrons. The Bertz CT molecular complexity index is 386. The lowest BCUT2D eigenvalue weighted by Gasteiger charge is -2.16. The van der Waals surface area contributed by atoms with Gasteiger partial charge in [0.15, 0.2) is 11.5 Å². The number of methoxy groups -OCH3 is 1. The van der Waals surface area contributed by atoms with E-state index in [9.17, 15) is 9.50 Å². The van der Waals surface area contributed by atoms with Gasteiger partial charge in [0.1, 0.15) is 5.82 Å². The van der Waals surface area contributed by atoms with E-state index in [1.807, 2.05) is 0 Å². The summed E-state index contributed by atoms with van der Waals surface area (Å²) in [5, 5.41) is 9.58. The highest BCUT2D eigenvalue weighted by Crippen LogP contribution is 2.39. The number of halogens is 1. The second kappa shape index (κ2) is 4.29. The second-order valence-electron chi connectivity index (χ2n) is 4.02. The van der Waals surface area contributed by atoms with Gasteiger partial charge in [0.2, 0.25) is 0 Å². The molecule has 16 heavy (non-hydrogen) atoms. The zero-order valence-corrected chi connectivity index (χ0v) is 9.37. The normalized spacial score (nSPS) is 17.0.